The van der Waals surface area contributed by atoms with Gasteiger partial charge in [-0.1, -0.05) is 18.2 Å². The van der Waals surface area contributed by atoms with Gasteiger partial charge >= 0.3 is 18.1 Å². The zero-order chi connectivity index (χ0) is 20.4. The first-order chi connectivity index (χ1) is 12.6. The van der Waals surface area contributed by atoms with Crippen LogP contribution in [0.5, 0.6) is 0 Å². The summed E-state index contributed by atoms with van der Waals surface area (Å²) in [5.74, 6) is -3.96. The number of nitrogens with zero attached hydrogens (tertiary/aromatic N) is 1. The molecule has 27 heavy (non-hydrogen) atoms. The Morgan fingerprint density at radius 1 is 1.19 bits per heavy atom. The molecule has 0 radical (unpaired) electrons. The van der Waals surface area contributed by atoms with Crippen LogP contribution in [0.25, 0.3) is 0 Å². The maximum atomic E-state index is 13.6. The summed E-state index contributed by atoms with van der Waals surface area (Å²) >= 11 is 0. The minimum absolute atomic E-state index is 0.0365. The molecule has 0 aliphatic carbocycles. The van der Waals surface area contributed by atoms with Gasteiger partial charge in [0.2, 0.25) is 0 Å². The topological polar surface area (TPSA) is 65.0 Å². The monoisotopic (exact) mass is 383 g/mol. The molecule has 1 aromatic rings. The van der Waals surface area contributed by atoms with Crippen molar-refractivity contribution in [1.29, 1.82) is 0 Å². The van der Waals surface area contributed by atoms with Gasteiger partial charge in [-0.25, -0.2) is 4.79 Å². The van der Waals surface area contributed by atoms with Crippen LogP contribution in [0.15, 0.2) is 40.5 Å². The number of alkyl halides is 3. The lowest BCUT2D eigenvalue weighted by molar-refractivity contribution is -0.145. The number of halogens is 3. The molecule has 1 unspecified atom stereocenters. The predicted molar refractivity (Wildman–Crippen MR) is 92.1 cm³/mol. The van der Waals surface area contributed by atoms with Gasteiger partial charge in [-0.2, -0.15) is 13.2 Å². The van der Waals surface area contributed by atoms with Crippen molar-refractivity contribution in [3.8, 4) is 0 Å². The maximum Gasteiger partial charge on any atom is 0.416 e. The van der Waals surface area contributed by atoms with Gasteiger partial charge < -0.3 is 9.47 Å². The number of aliphatic imine (C=N–C) groups is 1. The van der Waals surface area contributed by atoms with Gasteiger partial charge in [-0.15, -0.1) is 0 Å². The fourth-order valence-corrected chi connectivity index (χ4v) is 3.31. The predicted octanol–water partition coefficient (Wildman–Crippen LogP) is 3.89. The van der Waals surface area contributed by atoms with Gasteiger partial charge in [0.25, 0.3) is 0 Å². The minimum Gasteiger partial charge on any atom is -0.468 e. The van der Waals surface area contributed by atoms with Gasteiger partial charge in [-0.3, -0.25) is 9.79 Å². The number of carbonyl (C=O) groups is 2. The Balaban J connectivity index is 2.78. The largest absolute Gasteiger partial charge is 0.468 e. The summed E-state index contributed by atoms with van der Waals surface area (Å²) in [6.07, 6.45) is -4.66. The van der Waals surface area contributed by atoms with Crippen LogP contribution >= 0.6 is 0 Å². The van der Waals surface area contributed by atoms with Crippen LogP contribution in [0.2, 0.25) is 0 Å². The highest BCUT2D eigenvalue weighted by Gasteiger charge is 2.45. The first-order valence-electron chi connectivity index (χ1n) is 8.30. The van der Waals surface area contributed by atoms with E-state index in [0.29, 0.717) is 0 Å². The maximum absolute atomic E-state index is 13.6. The van der Waals surface area contributed by atoms with E-state index in [0.717, 1.165) is 13.2 Å². The summed E-state index contributed by atoms with van der Waals surface area (Å²) in [5.41, 5.74) is -0.706. The van der Waals surface area contributed by atoms with E-state index in [2.05, 4.69) is 4.99 Å². The van der Waals surface area contributed by atoms with Crippen LogP contribution in [0.1, 0.15) is 37.8 Å². The summed E-state index contributed by atoms with van der Waals surface area (Å²) in [7, 11) is 1.14. The molecular formula is C19H20F3NO4. The summed E-state index contributed by atoms with van der Waals surface area (Å²) < 4.78 is 50.6. The zero-order valence-electron chi connectivity index (χ0n) is 15.4. The van der Waals surface area contributed by atoms with E-state index >= 15 is 0 Å². The number of allylic oxidation sites excluding steroid dienone is 1. The van der Waals surface area contributed by atoms with E-state index < -0.39 is 35.5 Å². The fourth-order valence-electron chi connectivity index (χ4n) is 3.31. The van der Waals surface area contributed by atoms with Crippen molar-refractivity contribution in [3.05, 3.63) is 46.7 Å². The van der Waals surface area contributed by atoms with E-state index in [-0.39, 0.29) is 29.2 Å². The Morgan fingerprint density at radius 3 is 2.37 bits per heavy atom. The van der Waals surface area contributed by atoms with Crippen molar-refractivity contribution >= 4 is 17.7 Å². The van der Waals surface area contributed by atoms with E-state index in [9.17, 15) is 22.8 Å². The standard InChI is InChI=1S/C19H20F3NO4/c1-5-27-18(25)15-11(3)23-10(2)14(17(24)26-4)16(15)12-8-6-7-9-13(12)19(20,21)22/h6-9,14,16H,5H2,1-4H3/t14?,16-/m1/s1. The number of hydrogen-bond acceptors (Lipinski definition) is 5. The first kappa shape index (κ1) is 20.7. The summed E-state index contributed by atoms with van der Waals surface area (Å²) in [5, 5.41) is 0. The quantitative estimate of drug-likeness (QED) is 0.740. The van der Waals surface area contributed by atoms with Crippen molar-refractivity contribution in [2.75, 3.05) is 13.7 Å². The van der Waals surface area contributed by atoms with Crippen LogP contribution < -0.4 is 0 Å². The van der Waals surface area contributed by atoms with Gasteiger partial charge in [0, 0.05) is 17.3 Å². The lowest BCUT2D eigenvalue weighted by atomic mass is 9.74. The number of rotatable bonds is 4. The van der Waals surface area contributed by atoms with E-state index in [1.54, 1.807) is 6.92 Å². The van der Waals surface area contributed by atoms with Gasteiger partial charge in [0.05, 0.1) is 24.9 Å². The molecule has 1 aromatic carbocycles. The third-order valence-corrected chi connectivity index (χ3v) is 4.38. The molecule has 1 heterocycles. The molecule has 1 aliphatic heterocycles. The SMILES string of the molecule is CCOC(=O)C1=C(C)N=C(C)C(C(=O)OC)[C@H]1c1ccccc1C(F)(F)F. The number of methoxy groups -OCH3 is 1. The average Bonchev–Trinajstić information content (AvgIpc) is 2.59. The number of hydrogen-bond donors (Lipinski definition) is 0. The molecule has 0 saturated heterocycles. The number of esters is 2. The zero-order valence-corrected chi connectivity index (χ0v) is 15.4. The molecule has 0 spiro atoms. The van der Waals surface area contributed by atoms with Crippen LogP contribution in [0.4, 0.5) is 13.2 Å². The van der Waals surface area contributed by atoms with Crippen LogP contribution in [0, 0.1) is 5.92 Å². The molecule has 1 aliphatic rings. The van der Waals surface area contributed by atoms with Crippen LogP contribution in [0.3, 0.4) is 0 Å². The molecule has 2 atom stereocenters. The average molecular weight is 383 g/mol. The summed E-state index contributed by atoms with van der Waals surface area (Å²) in [4.78, 5) is 29.1. The molecule has 0 N–H and O–H groups in total. The molecule has 2 rings (SSSR count). The Labute approximate surface area is 154 Å². The second-order valence-corrected chi connectivity index (χ2v) is 6.04. The lowest BCUT2D eigenvalue weighted by Gasteiger charge is -2.32. The highest BCUT2D eigenvalue weighted by Crippen LogP contribution is 2.44. The minimum atomic E-state index is -4.66. The van der Waals surface area contributed by atoms with Crippen molar-refractivity contribution in [2.24, 2.45) is 10.9 Å². The Morgan fingerprint density at radius 2 is 1.81 bits per heavy atom. The molecule has 8 heteroatoms. The van der Waals surface area contributed by atoms with E-state index in [1.165, 1.54) is 32.0 Å². The molecule has 0 bridgehead atoms. The second kappa shape index (κ2) is 7.94. The lowest BCUT2D eigenvalue weighted by Crippen LogP contribution is -2.37. The van der Waals surface area contributed by atoms with E-state index in [4.69, 9.17) is 9.47 Å². The van der Waals surface area contributed by atoms with Crippen molar-refractivity contribution in [3.63, 3.8) is 0 Å². The van der Waals surface area contributed by atoms with Gasteiger partial charge in [0.1, 0.15) is 5.92 Å². The second-order valence-electron chi connectivity index (χ2n) is 6.04. The fraction of sp³-hybridized carbons (Fsp3) is 0.421. The van der Waals surface area contributed by atoms with Crippen LogP contribution in [-0.2, 0) is 25.2 Å². The normalized spacial score (nSPS) is 20.2. The van der Waals surface area contributed by atoms with Crippen LogP contribution in [-0.4, -0.2) is 31.4 Å². The van der Waals surface area contributed by atoms with Gasteiger partial charge in [-0.05, 0) is 32.4 Å². The van der Waals surface area contributed by atoms with E-state index in [1.807, 2.05) is 0 Å². The molecule has 0 amide bonds. The summed E-state index contributed by atoms with van der Waals surface area (Å²) in [6.45, 7) is 4.65. The van der Waals surface area contributed by atoms with Gasteiger partial charge in [0.15, 0.2) is 0 Å². The third-order valence-electron chi connectivity index (χ3n) is 4.38. The first-order valence-corrected chi connectivity index (χ1v) is 8.30. The summed E-state index contributed by atoms with van der Waals surface area (Å²) in [6, 6.07) is 4.86. The highest BCUT2D eigenvalue weighted by atomic mass is 19.4. The number of ether oxygens (including phenoxy) is 2. The molecule has 0 fully saturated rings. The Kier molecular flexibility index (Phi) is 6.08. The van der Waals surface area contributed by atoms with Crippen molar-refractivity contribution < 1.29 is 32.2 Å². The molecule has 0 saturated carbocycles. The highest BCUT2D eigenvalue weighted by molar-refractivity contribution is 6.07. The molecule has 146 valence electrons. The molecule has 0 aromatic heterocycles. The number of carbonyl (C=O) groups excluding carboxylic acids is 2. The van der Waals surface area contributed by atoms with Crippen molar-refractivity contribution in [2.45, 2.75) is 32.9 Å². The number of benzene rings is 1. The molecule has 5 nitrogen and oxygen atoms in total. The Hall–Kier alpha value is -2.64. The Bertz CT molecular complexity index is 811. The smallest absolute Gasteiger partial charge is 0.416 e. The molecular weight excluding hydrogens is 363 g/mol. The van der Waals surface area contributed by atoms with Crippen molar-refractivity contribution in [1.82, 2.24) is 0 Å². The third kappa shape index (κ3) is 4.04.